The van der Waals surface area contributed by atoms with Crippen LogP contribution >= 0.6 is 24.2 Å². The van der Waals surface area contributed by atoms with Crippen LogP contribution in [0.2, 0.25) is 5.02 Å². The van der Waals surface area contributed by atoms with Crippen LogP contribution in [0.4, 0.5) is 10.5 Å². The van der Waals surface area contributed by atoms with E-state index < -0.39 is 65.7 Å². The van der Waals surface area contributed by atoms with E-state index >= 15 is 0 Å². The molecule has 294 valence electrons. The number of aliphatic hydroxyl groups is 1. The molecule has 2 N–H and O–H groups in total. The first-order chi connectivity index (χ1) is 24.6. The van der Waals surface area contributed by atoms with Crippen molar-refractivity contribution in [2.24, 2.45) is 5.92 Å². The number of amides is 3. The molecule has 53 heavy (non-hydrogen) atoms. The number of carbonyl (C=O) groups excluding carboxylic acids is 4. The number of esters is 1. The van der Waals surface area contributed by atoms with Crippen molar-refractivity contribution in [3.63, 3.8) is 0 Å². The molecular formula is C38H54ClN3O10S. The van der Waals surface area contributed by atoms with Gasteiger partial charge in [-0.1, -0.05) is 56.2 Å². The van der Waals surface area contributed by atoms with Gasteiger partial charge in [-0.2, -0.15) is 12.6 Å². The number of hydrogen-bond acceptors (Lipinski definition) is 11. The Balaban J connectivity index is 1.74. The average Bonchev–Trinajstić information content (AvgIpc) is 3.78. The SMILES string of the molecule is COc1cc2cc(c1Cl)N(C)C(=O)C[C@@H](OC(=O)[C@H](C)N(C)C(=O)CCC(C)(C)S)[C@]1(C)O[C@@H]1[C@H](C)[C@@H]1C[C@@](O)(NC(=O)O1)[C@H](OC)/C=C/C=C(\C)C2. The number of nitrogens with zero attached hydrogens (tertiary/aromatic N) is 2. The summed E-state index contributed by atoms with van der Waals surface area (Å²) < 4.78 is 28.8. The zero-order valence-corrected chi connectivity index (χ0v) is 33.9. The molecule has 0 unspecified atom stereocenters. The molecule has 2 saturated heterocycles. The summed E-state index contributed by atoms with van der Waals surface area (Å²) in [6.07, 6.45) is 1.61. The number of nitrogens with one attached hydrogen (secondary N) is 1. The predicted octanol–water partition coefficient (Wildman–Crippen LogP) is 5.00. The van der Waals surface area contributed by atoms with Crippen LogP contribution in [0.1, 0.15) is 72.8 Å². The third-order valence-corrected chi connectivity index (χ3v) is 11.1. The van der Waals surface area contributed by atoms with Crippen LogP contribution in [0.25, 0.3) is 0 Å². The van der Waals surface area contributed by atoms with E-state index in [1.807, 2.05) is 26.8 Å². The Bertz CT molecular complexity index is 1630. The van der Waals surface area contributed by atoms with E-state index in [-0.39, 0.29) is 34.9 Å². The van der Waals surface area contributed by atoms with Crippen LogP contribution in [0.3, 0.4) is 0 Å². The summed E-state index contributed by atoms with van der Waals surface area (Å²) in [5.74, 6) is -1.58. The summed E-state index contributed by atoms with van der Waals surface area (Å²) in [5.41, 5.74) is -0.916. The lowest BCUT2D eigenvalue weighted by atomic mass is 9.83. The molecule has 3 amide bonds. The predicted molar refractivity (Wildman–Crippen MR) is 203 cm³/mol. The van der Waals surface area contributed by atoms with Crippen LogP contribution < -0.4 is 15.0 Å². The number of hydrogen-bond donors (Lipinski definition) is 3. The van der Waals surface area contributed by atoms with Gasteiger partial charge in [0.05, 0.1) is 25.3 Å². The van der Waals surface area contributed by atoms with Crippen molar-refractivity contribution in [1.82, 2.24) is 10.2 Å². The van der Waals surface area contributed by atoms with Crippen molar-refractivity contribution >= 4 is 53.8 Å². The van der Waals surface area contributed by atoms with E-state index in [0.717, 1.165) is 11.1 Å². The molecule has 3 aliphatic rings. The normalized spacial score (nSPS) is 31.5. The maximum atomic E-state index is 14.1. The van der Waals surface area contributed by atoms with E-state index in [9.17, 15) is 24.3 Å². The molecular weight excluding hydrogens is 726 g/mol. The molecule has 8 atom stereocenters. The fraction of sp³-hybridized carbons (Fsp3) is 0.632. The lowest BCUT2D eigenvalue weighted by Gasteiger charge is -2.42. The fourth-order valence-electron chi connectivity index (χ4n) is 6.81. The minimum atomic E-state index is -1.83. The lowest BCUT2D eigenvalue weighted by molar-refractivity contribution is -0.162. The highest BCUT2D eigenvalue weighted by Crippen LogP contribution is 2.49. The second-order valence-corrected chi connectivity index (χ2v) is 16.8. The van der Waals surface area contributed by atoms with Gasteiger partial charge >= 0.3 is 12.1 Å². The summed E-state index contributed by atoms with van der Waals surface area (Å²) >= 11 is 11.3. The van der Waals surface area contributed by atoms with Crippen molar-refractivity contribution in [1.29, 1.82) is 0 Å². The highest BCUT2D eigenvalue weighted by atomic mass is 35.5. The highest BCUT2D eigenvalue weighted by Gasteiger charge is 2.64. The highest BCUT2D eigenvalue weighted by molar-refractivity contribution is 7.81. The van der Waals surface area contributed by atoms with Crippen molar-refractivity contribution in [2.45, 2.75) is 120 Å². The molecule has 4 bridgehead atoms. The number of fused-ring (bicyclic) bond motifs is 5. The maximum Gasteiger partial charge on any atom is 0.409 e. The average molecular weight is 780 g/mol. The molecule has 0 saturated carbocycles. The number of halogens is 1. The number of likely N-dealkylation sites (N-methyl/N-ethyl adjacent to an activating group) is 1. The number of alkyl carbamates (subject to hydrolysis) is 1. The molecule has 1 aromatic rings. The Labute approximate surface area is 322 Å². The van der Waals surface area contributed by atoms with E-state index in [4.69, 9.17) is 35.3 Å². The smallest absolute Gasteiger partial charge is 0.409 e. The number of benzene rings is 1. The number of allylic oxidation sites excluding steroid dienone is 3. The second kappa shape index (κ2) is 16.6. The van der Waals surface area contributed by atoms with Gasteiger partial charge in [-0.3, -0.25) is 14.9 Å². The van der Waals surface area contributed by atoms with E-state index in [1.165, 1.54) is 31.1 Å². The van der Waals surface area contributed by atoms with Gasteiger partial charge < -0.3 is 38.6 Å². The van der Waals surface area contributed by atoms with E-state index in [1.54, 1.807) is 52.1 Å². The second-order valence-electron chi connectivity index (χ2n) is 15.2. The summed E-state index contributed by atoms with van der Waals surface area (Å²) in [6.45, 7) is 10.8. The quantitative estimate of drug-likeness (QED) is 0.187. The fourth-order valence-corrected chi connectivity index (χ4v) is 7.23. The molecule has 13 nitrogen and oxygen atoms in total. The van der Waals surface area contributed by atoms with Crippen LogP contribution in [0.15, 0.2) is 35.9 Å². The van der Waals surface area contributed by atoms with Crippen molar-refractivity contribution in [3.05, 3.63) is 46.5 Å². The van der Waals surface area contributed by atoms with Gasteiger partial charge in [0.25, 0.3) is 0 Å². The molecule has 4 rings (SSSR count). The van der Waals surface area contributed by atoms with Gasteiger partial charge in [-0.15, -0.1) is 0 Å². The third-order valence-electron chi connectivity index (χ3n) is 10.5. The van der Waals surface area contributed by atoms with E-state index in [0.29, 0.717) is 24.3 Å². The summed E-state index contributed by atoms with van der Waals surface area (Å²) in [5, 5.41) is 14.5. The Morgan fingerprint density at radius 2 is 1.94 bits per heavy atom. The molecule has 0 aromatic heterocycles. The number of carbonyl (C=O) groups is 4. The first kappa shape index (κ1) is 42.4. The lowest BCUT2D eigenvalue weighted by Crippen LogP contribution is -2.63. The van der Waals surface area contributed by atoms with Gasteiger partial charge in [-0.25, -0.2) is 9.59 Å². The Morgan fingerprint density at radius 3 is 2.57 bits per heavy atom. The first-order valence-electron chi connectivity index (χ1n) is 17.7. The van der Waals surface area contributed by atoms with Crippen molar-refractivity contribution < 1.29 is 48.0 Å². The van der Waals surface area contributed by atoms with Crippen molar-refractivity contribution in [3.8, 4) is 5.75 Å². The van der Waals surface area contributed by atoms with Crippen LogP contribution in [0, 0.1) is 5.92 Å². The summed E-state index contributed by atoms with van der Waals surface area (Å²) in [6, 6.07) is 2.60. The monoisotopic (exact) mass is 779 g/mol. The molecule has 15 heteroatoms. The minimum absolute atomic E-state index is 0.0509. The standard InChI is InChI=1S/C38H54ClN3O10S/c1-21-12-11-13-28(49-10)38(47)20-27(50-35(46)40-38)22(2)33-37(6,52-33)29(51-34(45)23(3)41(7)30(43)14-15-36(4,5)53)19-31(44)42(8)25-17-24(16-21)18-26(48-9)32(25)39/h11-13,17-18,22-23,27-29,33,47,53H,14-16,19-20H2,1-10H3,(H,40,46)/b13-11+,21-12+/t22-,23+,27+,28-,29-,33-,37+,38+/m1/s1. The van der Waals surface area contributed by atoms with Crippen LogP contribution in [0.5, 0.6) is 5.75 Å². The van der Waals surface area contributed by atoms with Crippen LogP contribution in [-0.4, -0.2) is 109 Å². The van der Waals surface area contributed by atoms with Crippen LogP contribution in [-0.2, 0) is 39.8 Å². The number of methoxy groups -OCH3 is 2. The molecule has 3 heterocycles. The Morgan fingerprint density at radius 1 is 1.26 bits per heavy atom. The molecule has 1 aromatic carbocycles. The molecule has 0 radical (unpaired) electrons. The number of thiol groups is 1. The number of epoxide rings is 1. The number of ether oxygens (including phenoxy) is 5. The molecule has 0 spiro atoms. The summed E-state index contributed by atoms with van der Waals surface area (Å²) in [7, 11) is 6.02. The van der Waals surface area contributed by atoms with Gasteiger partial charge in [-0.05, 0) is 51.3 Å². The van der Waals surface area contributed by atoms with Gasteiger partial charge in [0, 0.05) is 44.7 Å². The zero-order valence-electron chi connectivity index (χ0n) is 32.2. The molecule has 0 aliphatic carbocycles. The van der Waals surface area contributed by atoms with E-state index in [2.05, 4.69) is 17.9 Å². The molecule has 2 fully saturated rings. The third kappa shape index (κ3) is 9.88. The Hall–Kier alpha value is -3.30. The maximum absolute atomic E-state index is 14.1. The number of rotatable bonds is 8. The van der Waals surface area contributed by atoms with Gasteiger partial charge in [0.2, 0.25) is 11.8 Å². The topological polar surface area (TPSA) is 156 Å². The minimum Gasteiger partial charge on any atom is -0.495 e. The Kier molecular flexibility index (Phi) is 13.3. The zero-order chi connectivity index (χ0) is 39.6. The van der Waals surface area contributed by atoms with Crippen molar-refractivity contribution in [2.75, 3.05) is 33.2 Å². The van der Waals surface area contributed by atoms with Gasteiger partial charge in [0.1, 0.15) is 40.7 Å². The summed E-state index contributed by atoms with van der Waals surface area (Å²) in [4.78, 5) is 56.5. The first-order valence-corrected chi connectivity index (χ1v) is 18.5. The number of anilines is 1. The largest absolute Gasteiger partial charge is 0.495 e. The molecule has 3 aliphatic heterocycles. The van der Waals surface area contributed by atoms with Gasteiger partial charge in [0.15, 0.2) is 5.72 Å².